The fraction of sp³-hybridized carbons (Fsp3) is 0.920. The molecule has 1 amide bonds. The Labute approximate surface area is 193 Å². The number of carbonyl (C=O) groups is 1. The number of amidine groups is 1. The highest BCUT2D eigenvalue weighted by Crippen LogP contribution is 2.46. The molecule has 5 fully saturated rings. The van der Waals surface area contributed by atoms with E-state index in [9.17, 15) is 4.79 Å². The molecule has 3 saturated heterocycles. The van der Waals surface area contributed by atoms with Crippen LogP contribution in [0.4, 0.5) is 0 Å². The lowest BCUT2D eigenvalue weighted by Crippen LogP contribution is -2.60. The molecule has 2 aliphatic carbocycles. The van der Waals surface area contributed by atoms with Gasteiger partial charge in [0.05, 0.1) is 18.2 Å². The van der Waals surface area contributed by atoms with Crippen molar-refractivity contribution in [2.45, 2.75) is 101 Å². The van der Waals surface area contributed by atoms with Crippen LogP contribution in [0.25, 0.3) is 0 Å². The van der Waals surface area contributed by atoms with E-state index in [-0.39, 0.29) is 30.0 Å². The van der Waals surface area contributed by atoms with Crippen LogP contribution in [0, 0.1) is 29.1 Å². The molecular weight excluding hydrogens is 400 g/mol. The number of amides is 1. The second kappa shape index (κ2) is 9.98. The number of nitrogens with zero attached hydrogens (tertiary/aromatic N) is 1. The number of hydrogen-bond acceptors (Lipinski definition) is 5. The van der Waals surface area contributed by atoms with E-state index in [1.54, 1.807) is 0 Å². The molecule has 7 unspecified atom stereocenters. The monoisotopic (exact) mass is 444 g/mol. The molecule has 32 heavy (non-hydrogen) atoms. The largest absolute Gasteiger partial charge is 0.386 e. The summed E-state index contributed by atoms with van der Waals surface area (Å²) in [6.45, 7) is 3.03. The summed E-state index contributed by atoms with van der Waals surface area (Å²) in [7, 11) is 0. The van der Waals surface area contributed by atoms with E-state index >= 15 is 0 Å². The van der Waals surface area contributed by atoms with E-state index in [1.807, 2.05) is 0 Å². The third-order valence-electron chi connectivity index (χ3n) is 9.46. The summed E-state index contributed by atoms with van der Waals surface area (Å²) < 4.78 is 0. The van der Waals surface area contributed by atoms with Crippen molar-refractivity contribution in [3.63, 3.8) is 0 Å². The third kappa shape index (κ3) is 4.71. The predicted molar refractivity (Wildman–Crippen MR) is 127 cm³/mol. The fourth-order valence-electron chi connectivity index (χ4n) is 7.77. The molecule has 180 valence electrons. The Balaban J connectivity index is 1.33. The molecule has 5 aliphatic rings. The zero-order valence-corrected chi connectivity index (χ0v) is 19.7. The lowest BCUT2D eigenvalue weighted by Gasteiger charge is -2.45. The number of fused-ring (bicyclic) bond motifs is 2. The van der Waals surface area contributed by atoms with E-state index in [0.717, 1.165) is 63.6 Å². The maximum absolute atomic E-state index is 13.5. The molecular formula is C25H44N6O. The fourth-order valence-corrected chi connectivity index (χ4v) is 7.77. The van der Waals surface area contributed by atoms with Gasteiger partial charge in [-0.3, -0.25) is 20.4 Å². The standard InChI is InChI=1S/C25H44N6O/c26-23(27)21-9-8-17-14-22(25(32)29-19-10-12-28-13-11-19)31(24(17)30-21)15-18-6-3-5-16-4-1-2-7-20(16)18/h16-22,24,28,30H,1-15H2,(H3,26,27)(H,29,32). The van der Waals surface area contributed by atoms with Crippen LogP contribution >= 0.6 is 0 Å². The first-order valence-electron chi connectivity index (χ1n) is 13.5. The van der Waals surface area contributed by atoms with Crippen molar-refractivity contribution in [2.75, 3.05) is 19.6 Å². The van der Waals surface area contributed by atoms with E-state index in [0.29, 0.717) is 17.9 Å². The second-order valence-electron chi connectivity index (χ2n) is 11.3. The molecule has 0 spiro atoms. The number of rotatable bonds is 5. The summed E-state index contributed by atoms with van der Waals surface area (Å²) in [6.07, 6.45) is 14.8. The van der Waals surface area contributed by atoms with Crippen LogP contribution in [-0.4, -0.2) is 60.6 Å². The maximum Gasteiger partial charge on any atom is 0.237 e. The Morgan fingerprint density at radius 2 is 1.75 bits per heavy atom. The van der Waals surface area contributed by atoms with Crippen molar-refractivity contribution < 1.29 is 4.79 Å². The molecule has 6 N–H and O–H groups in total. The Morgan fingerprint density at radius 3 is 2.56 bits per heavy atom. The van der Waals surface area contributed by atoms with Crippen molar-refractivity contribution in [3.05, 3.63) is 0 Å². The maximum atomic E-state index is 13.5. The first kappa shape index (κ1) is 22.6. The topological polar surface area (TPSA) is 106 Å². The average Bonchev–Trinajstić information content (AvgIpc) is 3.18. The number of likely N-dealkylation sites (tertiary alicyclic amines) is 1. The van der Waals surface area contributed by atoms with Gasteiger partial charge in [0, 0.05) is 12.6 Å². The van der Waals surface area contributed by atoms with Crippen molar-refractivity contribution in [1.82, 2.24) is 20.9 Å². The van der Waals surface area contributed by atoms with E-state index < -0.39 is 0 Å². The summed E-state index contributed by atoms with van der Waals surface area (Å²) >= 11 is 0. The van der Waals surface area contributed by atoms with Gasteiger partial charge in [0.2, 0.25) is 5.91 Å². The van der Waals surface area contributed by atoms with Crippen molar-refractivity contribution in [3.8, 4) is 0 Å². The molecule has 0 bridgehead atoms. The van der Waals surface area contributed by atoms with Crippen molar-refractivity contribution in [1.29, 1.82) is 5.41 Å². The number of hydrogen-bond donors (Lipinski definition) is 5. The highest BCUT2D eigenvalue weighted by Gasteiger charge is 2.49. The van der Waals surface area contributed by atoms with Gasteiger partial charge in [0.15, 0.2) is 0 Å². The first-order chi connectivity index (χ1) is 15.6. The molecule has 3 aliphatic heterocycles. The van der Waals surface area contributed by atoms with E-state index in [1.165, 1.54) is 44.9 Å². The van der Waals surface area contributed by atoms with Gasteiger partial charge in [0.1, 0.15) is 5.84 Å². The van der Waals surface area contributed by atoms with Crippen LogP contribution in [0.15, 0.2) is 0 Å². The van der Waals surface area contributed by atoms with Crippen LogP contribution < -0.4 is 21.7 Å². The van der Waals surface area contributed by atoms with Gasteiger partial charge in [0.25, 0.3) is 0 Å². The minimum atomic E-state index is -0.0428. The molecule has 7 nitrogen and oxygen atoms in total. The average molecular weight is 445 g/mol. The summed E-state index contributed by atoms with van der Waals surface area (Å²) in [5.41, 5.74) is 5.90. The van der Waals surface area contributed by atoms with Gasteiger partial charge in [-0.15, -0.1) is 0 Å². The zero-order chi connectivity index (χ0) is 22.1. The van der Waals surface area contributed by atoms with Crippen LogP contribution in [-0.2, 0) is 4.79 Å². The SMILES string of the molecule is N=C(N)C1CCC2CC(C(=O)NC3CCNCC3)N(CC3CCCC4CCCCC43)C2N1. The summed E-state index contributed by atoms with van der Waals surface area (Å²) in [5.74, 6) is 3.44. The van der Waals surface area contributed by atoms with Gasteiger partial charge in [-0.2, -0.15) is 0 Å². The first-order valence-corrected chi connectivity index (χ1v) is 13.5. The van der Waals surface area contributed by atoms with Crippen molar-refractivity contribution in [2.24, 2.45) is 29.4 Å². The Kier molecular flexibility index (Phi) is 7.05. The predicted octanol–water partition coefficient (Wildman–Crippen LogP) is 2.17. The third-order valence-corrected chi connectivity index (χ3v) is 9.46. The minimum Gasteiger partial charge on any atom is -0.386 e. The van der Waals surface area contributed by atoms with Crippen molar-refractivity contribution >= 4 is 11.7 Å². The molecule has 2 saturated carbocycles. The minimum absolute atomic E-state index is 0.0398. The molecule has 0 aromatic carbocycles. The summed E-state index contributed by atoms with van der Waals surface area (Å²) in [4.78, 5) is 16.1. The zero-order valence-electron chi connectivity index (χ0n) is 19.7. The van der Waals surface area contributed by atoms with E-state index in [4.69, 9.17) is 11.1 Å². The molecule has 7 atom stereocenters. The Morgan fingerprint density at radius 1 is 0.969 bits per heavy atom. The molecule has 3 heterocycles. The number of piperidine rings is 2. The molecule has 0 aromatic rings. The van der Waals surface area contributed by atoms with Crippen LogP contribution in [0.2, 0.25) is 0 Å². The smallest absolute Gasteiger partial charge is 0.237 e. The molecule has 5 rings (SSSR count). The highest BCUT2D eigenvalue weighted by atomic mass is 16.2. The van der Waals surface area contributed by atoms with Gasteiger partial charge >= 0.3 is 0 Å². The van der Waals surface area contributed by atoms with Gasteiger partial charge in [-0.1, -0.05) is 32.1 Å². The normalized spacial score (nSPS) is 40.9. The molecule has 0 radical (unpaired) electrons. The second-order valence-corrected chi connectivity index (χ2v) is 11.3. The summed E-state index contributed by atoms with van der Waals surface area (Å²) in [6, 6.07) is 0.226. The Hall–Kier alpha value is -1.18. The lowest BCUT2D eigenvalue weighted by molar-refractivity contribution is -0.127. The van der Waals surface area contributed by atoms with Gasteiger partial charge in [-0.05, 0) is 81.7 Å². The van der Waals surface area contributed by atoms with Gasteiger partial charge < -0.3 is 16.4 Å². The number of nitrogens with two attached hydrogens (primary N) is 1. The van der Waals surface area contributed by atoms with Crippen LogP contribution in [0.3, 0.4) is 0 Å². The number of carbonyl (C=O) groups excluding carboxylic acids is 1. The molecule has 7 heteroatoms. The highest BCUT2D eigenvalue weighted by molar-refractivity contribution is 5.84. The lowest BCUT2D eigenvalue weighted by atomic mass is 9.65. The van der Waals surface area contributed by atoms with Gasteiger partial charge in [-0.25, -0.2) is 0 Å². The quantitative estimate of drug-likeness (QED) is 0.330. The summed E-state index contributed by atoms with van der Waals surface area (Å²) in [5, 5.41) is 18.5. The van der Waals surface area contributed by atoms with Crippen LogP contribution in [0.5, 0.6) is 0 Å². The number of nitrogens with one attached hydrogen (secondary N) is 4. The molecule has 0 aromatic heterocycles. The van der Waals surface area contributed by atoms with Crippen LogP contribution in [0.1, 0.15) is 77.0 Å². The Bertz CT molecular complexity index is 677. The van der Waals surface area contributed by atoms with E-state index in [2.05, 4.69) is 20.9 Å².